The van der Waals surface area contributed by atoms with Crippen molar-refractivity contribution in [2.75, 3.05) is 0 Å². The minimum Gasteiger partial charge on any atom is -0.334 e. The van der Waals surface area contributed by atoms with Gasteiger partial charge in [0.1, 0.15) is 0 Å². The van der Waals surface area contributed by atoms with E-state index in [9.17, 15) is 21.6 Å². The quantitative estimate of drug-likeness (QED) is 0.574. The lowest BCUT2D eigenvalue weighted by Crippen LogP contribution is -2.06. The van der Waals surface area contributed by atoms with Gasteiger partial charge in [-0.2, -0.15) is 13.2 Å². The maximum Gasteiger partial charge on any atom is 0.449 e. The van der Waals surface area contributed by atoms with E-state index in [1.807, 2.05) is 0 Å². The molecule has 0 atom stereocenters. The molecule has 0 spiro atoms. The fraction of sp³-hybridized carbons (Fsp3) is 0.0588. The van der Waals surface area contributed by atoms with Crippen LogP contribution in [0, 0.1) is 0 Å². The van der Waals surface area contributed by atoms with Gasteiger partial charge in [-0.3, -0.25) is 4.98 Å². The molecule has 5 nitrogen and oxygen atoms in total. The lowest BCUT2D eigenvalue weighted by Gasteiger charge is -2.08. The van der Waals surface area contributed by atoms with Crippen molar-refractivity contribution in [3.8, 4) is 0 Å². The first-order chi connectivity index (χ1) is 12.3. The highest BCUT2D eigenvalue weighted by molar-refractivity contribution is 7.91. The highest BCUT2D eigenvalue weighted by atomic mass is 32.2. The van der Waals surface area contributed by atoms with Crippen molar-refractivity contribution < 1.29 is 21.6 Å². The van der Waals surface area contributed by atoms with Crippen LogP contribution in [-0.4, -0.2) is 23.4 Å². The number of halogens is 3. The number of alkyl halides is 3. The molecular formula is C17H10F3N3O2S. The number of benzene rings is 2. The second-order valence-electron chi connectivity index (χ2n) is 5.62. The minimum atomic E-state index is -4.64. The van der Waals surface area contributed by atoms with Crippen LogP contribution in [0.25, 0.3) is 21.8 Å². The van der Waals surface area contributed by atoms with Crippen molar-refractivity contribution in [3.05, 3.63) is 60.7 Å². The number of imidazole rings is 1. The van der Waals surface area contributed by atoms with Crippen LogP contribution in [0.1, 0.15) is 5.82 Å². The van der Waals surface area contributed by atoms with Crippen molar-refractivity contribution in [2.45, 2.75) is 16.0 Å². The van der Waals surface area contributed by atoms with E-state index in [2.05, 4.69) is 15.0 Å². The Morgan fingerprint density at radius 3 is 2.62 bits per heavy atom. The zero-order valence-electron chi connectivity index (χ0n) is 12.9. The van der Waals surface area contributed by atoms with E-state index in [0.29, 0.717) is 10.8 Å². The summed E-state index contributed by atoms with van der Waals surface area (Å²) in [6.45, 7) is 0. The number of pyridine rings is 1. The Balaban J connectivity index is 1.90. The van der Waals surface area contributed by atoms with Crippen LogP contribution in [-0.2, 0) is 16.0 Å². The predicted octanol–water partition coefficient (Wildman–Crippen LogP) is 3.96. The van der Waals surface area contributed by atoms with Gasteiger partial charge in [0.25, 0.3) is 0 Å². The van der Waals surface area contributed by atoms with Crippen LogP contribution in [0.5, 0.6) is 0 Å². The van der Waals surface area contributed by atoms with E-state index in [0.717, 1.165) is 6.07 Å². The number of hydrogen-bond acceptors (Lipinski definition) is 4. The Hall–Kier alpha value is -2.94. The minimum absolute atomic E-state index is 0.000281. The first-order valence-corrected chi connectivity index (χ1v) is 8.90. The molecule has 0 unspecified atom stereocenters. The van der Waals surface area contributed by atoms with E-state index >= 15 is 0 Å². The molecular weight excluding hydrogens is 367 g/mol. The third-order valence-corrected chi connectivity index (χ3v) is 5.77. The summed E-state index contributed by atoms with van der Waals surface area (Å²) < 4.78 is 64.4. The van der Waals surface area contributed by atoms with Crippen LogP contribution in [0.2, 0.25) is 0 Å². The smallest absolute Gasteiger partial charge is 0.334 e. The molecule has 0 bridgehead atoms. The molecule has 9 heteroatoms. The molecule has 26 heavy (non-hydrogen) atoms. The summed E-state index contributed by atoms with van der Waals surface area (Å²) in [5.74, 6) is -1.17. The molecule has 132 valence electrons. The molecule has 2 aromatic heterocycles. The number of hydrogen-bond donors (Lipinski definition) is 1. The third kappa shape index (κ3) is 2.60. The van der Waals surface area contributed by atoms with Gasteiger partial charge in [-0.25, -0.2) is 13.4 Å². The van der Waals surface area contributed by atoms with Gasteiger partial charge in [-0.1, -0.05) is 12.1 Å². The average molecular weight is 377 g/mol. The third-order valence-electron chi connectivity index (χ3n) is 3.96. The van der Waals surface area contributed by atoms with Gasteiger partial charge in [0.05, 0.1) is 20.8 Å². The van der Waals surface area contributed by atoms with Crippen molar-refractivity contribution in [1.29, 1.82) is 0 Å². The second kappa shape index (κ2) is 5.53. The van der Waals surface area contributed by atoms with E-state index in [-0.39, 0.29) is 20.8 Å². The van der Waals surface area contributed by atoms with Gasteiger partial charge in [-0.05, 0) is 30.3 Å². The summed E-state index contributed by atoms with van der Waals surface area (Å²) in [4.78, 5) is 9.48. The number of sulfone groups is 1. The second-order valence-corrected chi connectivity index (χ2v) is 7.54. The predicted molar refractivity (Wildman–Crippen MR) is 88.3 cm³/mol. The summed E-state index contributed by atoms with van der Waals surface area (Å²) in [5.41, 5.74) is 0.0405. The number of aromatic amines is 1. The number of fused-ring (bicyclic) bond motifs is 2. The molecule has 1 N–H and O–H groups in total. The first kappa shape index (κ1) is 16.5. The van der Waals surface area contributed by atoms with Crippen LogP contribution >= 0.6 is 0 Å². The molecule has 2 aromatic carbocycles. The van der Waals surface area contributed by atoms with Gasteiger partial charge >= 0.3 is 6.18 Å². The monoisotopic (exact) mass is 377 g/mol. The maximum absolute atomic E-state index is 13.0. The normalized spacial score (nSPS) is 12.7. The average Bonchev–Trinajstić information content (AvgIpc) is 3.05. The number of nitrogens with one attached hydrogen (secondary N) is 1. The molecule has 0 fully saturated rings. The molecule has 0 amide bonds. The van der Waals surface area contributed by atoms with Crippen molar-refractivity contribution >= 4 is 31.6 Å². The zero-order chi connectivity index (χ0) is 18.5. The summed E-state index contributed by atoms with van der Waals surface area (Å²) in [5, 5.41) is 1.14. The molecule has 4 aromatic rings. The fourth-order valence-electron chi connectivity index (χ4n) is 2.74. The lowest BCUT2D eigenvalue weighted by molar-refractivity contribution is -0.144. The Labute approximate surface area is 145 Å². The highest BCUT2D eigenvalue weighted by Crippen LogP contribution is 2.32. The van der Waals surface area contributed by atoms with E-state index < -0.39 is 21.8 Å². The molecule has 0 aliphatic heterocycles. The molecule has 2 heterocycles. The largest absolute Gasteiger partial charge is 0.449 e. The summed E-state index contributed by atoms with van der Waals surface area (Å²) in [6.07, 6.45) is -1.61. The van der Waals surface area contributed by atoms with E-state index in [4.69, 9.17) is 0 Å². The van der Waals surface area contributed by atoms with Crippen molar-refractivity contribution in [3.63, 3.8) is 0 Å². The highest BCUT2D eigenvalue weighted by Gasteiger charge is 2.35. The Morgan fingerprint density at radius 2 is 1.85 bits per heavy atom. The summed E-state index contributed by atoms with van der Waals surface area (Å²) in [6, 6.07) is 10.0. The lowest BCUT2D eigenvalue weighted by atomic mass is 10.2. The Bertz CT molecular complexity index is 1240. The van der Waals surface area contributed by atoms with Gasteiger partial charge < -0.3 is 4.98 Å². The SMILES string of the molecule is O=S(=O)(c1ccc2nc(C(F)(F)F)[nH]c2c1)c1cccc2cnccc12. The first-order valence-electron chi connectivity index (χ1n) is 7.41. The van der Waals surface area contributed by atoms with E-state index in [1.54, 1.807) is 24.4 Å². The molecule has 4 rings (SSSR count). The number of H-pyrrole nitrogens is 1. The van der Waals surface area contributed by atoms with E-state index in [1.165, 1.54) is 24.4 Å². The Morgan fingerprint density at radius 1 is 1.04 bits per heavy atom. The molecule has 0 radical (unpaired) electrons. The standard InChI is InChI=1S/C17H10F3N3O2S/c18-17(19,20)16-22-13-5-4-11(8-14(13)23-16)26(24,25)15-3-1-2-10-9-21-7-6-12(10)15/h1-9H,(H,22,23). The van der Waals surface area contributed by atoms with Crippen LogP contribution in [0.3, 0.4) is 0 Å². The van der Waals surface area contributed by atoms with Gasteiger partial charge in [0.2, 0.25) is 15.7 Å². The number of rotatable bonds is 2. The van der Waals surface area contributed by atoms with Crippen molar-refractivity contribution in [1.82, 2.24) is 15.0 Å². The van der Waals surface area contributed by atoms with Crippen LogP contribution < -0.4 is 0 Å². The maximum atomic E-state index is 13.0. The zero-order valence-corrected chi connectivity index (χ0v) is 13.8. The number of nitrogens with zero attached hydrogens (tertiary/aromatic N) is 2. The van der Waals surface area contributed by atoms with Crippen molar-refractivity contribution in [2.24, 2.45) is 0 Å². The summed E-state index contributed by atoms with van der Waals surface area (Å²) in [7, 11) is -3.94. The number of aromatic nitrogens is 3. The molecule has 0 aliphatic carbocycles. The molecule has 0 saturated heterocycles. The van der Waals surface area contributed by atoms with Crippen LogP contribution in [0.15, 0.2) is 64.6 Å². The molecule has 0 saturated carbocycles. The summed E-state index contributed by atoms with van der Waals surface area (Å²) >= 11 is 0. The topological polar surface area (TPSA) is 75.7 Å². The molecule has 0 aliphatic rings. The van der Waals surface area contributed by atoms with Gasteiger partial charge in [-0.15, -0.1) is 0 Å². The van der Waals surface area contributed by atoms with Gasteiger partial charge in [0.15, 0.2) is 0 Å². The van der Waals surface area contributed by atoms with Crippen LogP contribution in [0.4, 0.5) is 13.2 Å². The van der Waals surface area contributed by atoms with Gasteiger partial charge in [0, 0.05) is 23.2 Å². The fourth-order valence-corrected chi connectivity index (χ4v) is 4.25. The Kier molecular flexibility index (Phi) is 3.52.